The summed E-state index contributed by atoms with van der Waals surface area (Å²) in [6.07, 6.45) is -1.19. The molecule has 0 radical (unpaired) electrons. The smallest absolute Gasteiger partial charge is 0.405 e. The first-order chi connectivity index (χ1) is 11.6. The number of hydrogen-bond donors (Lipinski definition) is 3. The van der Waals surface area contributed by atoms with Gasteiger partial charge in [-0.1, -0.05) is 20.8 Å². The Morgan fingerprint density at radius 1 is 1.20 bits per heavy atom. The summed E-state index contributed by atoms with van der Waals surface area (Å²) in [6.45, 7) is 5.56. The van der Waals surface area contributed by atoms with Crippen molar-refractivity contribution >= 4 is 11.8 Å². The van der Waals surface area contributed by atoms with E-state index in [0.29, 0.717) is 11.3 Å². The number of hydrogen-bond acceptors (Lipinski definition) is 3. The van der Waals surface area contributed by atoms with Crippen molar-refractivity contribution in [3.63, 3.8) is 0 Å². The standard InChI is InChI=1S/C18H20F2N2O3/c1-18(2,3)16(22-17(23)24)12-9-11(5-7-14(12)21)25-15-8-10(19)4-6-13(15)20/h4-9,16,22H,21H2,1-3H3,(H,23,24). The fraction of sp³-hybridized carbons (Fsp3) is 0.278. The van der Waals surface area contributed by atoms with E-state index >= 15 is 0 Å². The Hall–Kier alpha value is -2.83. The molecule has 0 aliphatic rings. The molecule has 0 fully saturated rings. The number of carbonyl (C=O) groups is 1. The lowest BCUT2D eigenvalue weighted by Crippen LogP contribution is -2.36. The van der Waals surface area contributed by atoms with E-state index < -0.39 is 29.2 Å². The van der Waals surface area contributed by atoms with Gasteiger partial charge in [0.15, 0.2) is 11.6 Å². The maximum atomic E-state index is 13.7. The van der Waals surface area contributed by atoms with Crippen molar-refractivity contribution in [3.05, 3.63) is 53.6 Å². The van der Waals surface area contributed by atoms with E-state index in [-0.39, 0.29) is 11.5 Å². The fourth-order valence-corrected chi connectivity index (χ4v) is 2.43. The van der Waals surface area contributed by atoms with Crippen LogP contribution in [-0.4, -0.2) is 11.2 Å². The summed E-state index contributed by atoms with van der Waals surface area (Å²) in [6, 6.07) is 6.82. The molecule has 7 heteroatoms. The SMILES string of the molecule is CC(C)(C)C(NC(=O)O)c1cc(Oc2cc(F)ccc2F)ccc1N. The van der Waals surface area contributed by atoms with Crippen LogP contribution in [0.4, 0.5) is 19.3 Å². The number of halogens is 2. The van der Waals surface area contributed by atoms with E-state index in [4.69, 9.17) is 15.6 Å². The van der Waals surface area contributed by atoms with E-state index in [0.717, 1.165) is 18.2 Å². The molecule has 5 nitrogen and oxygen atoms in total. The molecule has 4 N–H and O–H groups in total. The van der Waals surface area contributed by atoms with Gasteiger partial charge in [-0.2, -0.15) is 0 Å². The number of nitrogens with two attached hydrogens (primary N) is 1. The molecule has 0 saturated carbocycles. The van der Waals surface area contributed by atoms with E-state index in [9.17, 15) is 13.6 Å². The summed E-state index contributed by atoms with van der Waals surface area (Å²) < 4.78 is 32.4. The molecule has 2 rings (SSSR count). The Bertz CT molecular complexity index is 788. The predicted molar refractivity (Wildman–Crippen MR) is 90.6 cm³/mol. The number of anilines is 1. The highest BCUT2D eigenvalue weighted by molar-refractivity contribution is 5.66. The van der Waals surface area contributed by atoms with Crippen LogP contribution >= 0.6 is 0 Å². The highest BCUT2D eigenvalue weighted by atomic mass is 19.1. The Labute approximate surface area is 144 Å². The molecular weight excluding hydrogens is 330 g/mol. The van der Waals surface area contributed by atoms with E-state index in [1.807, 2.05) is 20.8 Å². The number of carboxylic acid groups (broad SMARTS) is 1. The molecule has 1 amide bonds. The quantitative estimate of drug-likeness (QED) is 0.698. The average molecular weight is 350 g/mol. The third kappa shape index (κ3) is 4.59. The normalized spacial score (nSPS) is 12.5. The number of benzene rings is 2. The molecule has 0 aromatic heterocycles. The molecule has 0 bridgehead atoms. The average Bonchev–Trinajstić information content (AvgIpc) is 2.49. The van der Waals surface area contributed by atoms with Gasteiger partial charge < -0.3 is 20.9 Å². The van der Waals surface area contributed by atoms with Crippen LogP contribution in [-0.2, 0) is 0 Å². The first-order valence-corrected chi connectivity index (χ1v) is 7.59. The first-order valence-electron chi connectivity index (χ1n) is 7.59. The molecule has 0 aliphatic carbocycles. The third-order valence-corrected chi connectivity index (χ3v) is 3.62. The maximum Gasteiger partial charge on any atom is 0.405 e. The lowest BCUT2D eigenvalue weighted by atomic mass is 9.81. The van der Waals surface area contributed by atoms with Crippen molar-refractivity contribution in [1.82, 2.24) is 5.32 Å². The maximum absolute atomic E-state index is 13.7. The van der Waals surface area contributed by atoms with Crippen molar-refractivity contribution in [3.8, 4) is 11.5 Å². The summed E-state index contributed by atoms with van der Waals surface area (Å²) >= 11 is 0. The van der Waals surface area contributed by atoms with Crippen molar-refractivity contribution in [2.45, 2.75) is 26.8 Å². The summed E-state index contributed by atoms with van der Waals surface area (Å²) in [5.41, 5.74) is 6.36. The Morgan fingerprint density at radius 2 is 1.88 bits per heavy atom. The van der Waals surface area contributed by atoms with Crippen LogP contribution in [0.2, 0.25) is 0 Å². The highest BCUT2D eigenvalue weighted by Crippen LogP contribution is 2.38. The third-order valence-electron chi connectivity index (χ3n) is 3.62. The molecule has 0 heterocycles. The van der Waals surface area contributed by atoms with Crippen LogP contribution in [0.5, 0.6) is 11.5 Å². The molecule has 0 spiro atoms. The molecule has 2 aromatic rings. The molecule has 0 saturated heterocycles. The van der Waals surface area contributed by atoms with Gasteiger partial charge in [0.2, 0.25) is 0 Å². The van der Waals surface area contributed by atoms with Gasteiger partial charge in [0.05, 0.1) is 6.04 Å². The van der Waals surface area contributed by atoms with Gasteiger partial charge in [-0.25, -0.2) is 13.6 Å². The van der Waals surface area contributed by atoms with Crippen molar-refractivity contribution < 1.29 is 23.4 Å². The Kier molecular flexibility index (Phi) is 5.15. The van der Waals surface area contributed by atoms with Gasteiger partial charge >= 0.3 is 6.09 Å². The number of amides is 1. The fourth-order valence-electron chi connectivity index (χ4n) is 2.43. The van der Waals surface area contributed by atoms with Crippen molar-refractivity contribution in [2.75, 3.05) is 5.73 Å². The van der Waals surface area contributed by atoms with Gasteiger partial charge in [-0.3, -0.25) is 0 Å². The highest BCUT2D eigenvalue weighted by Gasteiger charge is 2.29. The molecule has 134 valence electrons. The molecule has 1 atom stereocenters. The van der Waals surface area contributed by atoms with Gasteiger partial charge in [0.1, 0.15) is 11.6 Å². The van der Waals surface area contributed by atoms with Crippen LogP contribution in [0, 0.1) is 17.0 Å². The van der Waals surface area contributed by atoms with Crippen LogP contribution < -0.4 is 15.8 Å². The second-order valence-electron chi connectivity index (χ2n) is 6.72. The Balaban J connectivity index is 2.42. The van der Waals surface area contributed by atoms with Gasteiger partial charge in [-0.15, -0.1) is 0 Å². The summed E-state index contributed by atoms with van der Waals surface area (Å²) in [4.78, 5) is 11.1. The Morgan fingerprint density at radius 3 is 2.48 bits per heavy atom. The number of rotatable bonds is 4. The minimum Gasteiger partial charge on any atom is -0.465 e. The number of nitrogen functional groups attached to an aromatic ring is 1. The van der Waals surface area contributed by atoms with Crippen molar-refractivity contribution in [1.29, 1.82) is 0 Å². The second-order valence-corrected chi connectivity index (χ2v) is 6.72. The summed E-state index contributed by atoms with van der Waals surface area (Å²) in [7, 11) is 0. The molecule has 25 heavy (non-hydrogen) atoms. The van der Waals surface area contributed by atoms with Crippen molar-refractivity contribution in [2.24, 2.45) is 5.41 Å². The minimum absolute atomic E-state index is 0.218. The van der Waals surface area contributed by atoms with Crippen LogP contribution in [0.3, 0.4) is 0 Å². The predicted octanol–water partition coefficient (Wildman–Crippen LogP) is 4.69. The monoisotopic (exact) mass is 350 g/mol. The zero-order chi connectivity index (χ0) is 18.8. The first kappa shape index (κ1) is 18.5. The zero-order valence-electron chi connectivity index (χ0n) is 14.1. The molecule has 2 aromatic carbocycles. The van der Waals surface area contributed by atoms with E-state index in [1.165, 1.54) is 18.2 Å². The lowest BCUT2D eigenvalue weighted by Gasteiger charge is -2.32. The second kappa shape index (κ2) is 6.96. The van der Waals surface area contributed by atoms with Crippen LogP contribution in [0.1, 0.15) is 32.4 Å². The molecule has 1 unspecified atom stereocenters. The van der Waals surface area contributed by atoms with Crippen LogP contribution in [0.15, 0.2) is 36.4 Å². The van der Waals surface area contributed by atoms with Gasteiger partial charge in [-0.05, 0) is 35.7 Å². The molecule has 0 aliphatic heterocycles. The summed E-state index contributed by atoms with van der Waals surface area (Å²) in [5, 5.41) is 11.5. The number of ether oxygens (including phenoxy) is 1. The topological polar surface area (TPSA) is 84.6 Å². The van der Waals surface area contributed by atoms with Crippen LogP contribution in [0.25, 0.3) is 0 Å². The lowest BCUT2D eigenvalue weighted by molar-refractivity contribution is 0.175. The zero-order valence-corrected chi connectivity index (χ0v) is 14.1. The largest absolute Gasteiger partial charge is 0.465 e. The molecular formula is C18H20F2N2O3. The number of nitrogens with one attached hydrogen (secondary N) is 1. The minimum atomic E-state index is -1.19. The summed E-state index contributed by atoms with van der Waals surface area (Å²) in [5.74, 6) is -1.40. The van der Waals surface area contributed by atoms with E-state index in [2.05, 4.69) is 5.32 Å². The van der Waals surface area contributed by atoms with Gasteiger partial charge in [0, 0.05) is 17.3 Å². The van der Waals surface area contributed by atoms with E-state index in [1.54, 1.807) is 0 Å². The van der Waals surface area contributed by atoms with Gasteiger partial charge in [0.25, 0.3) is 0 Å².